The maximum absolute atomic E-state index is 13.2. The lowest BCUT2D eigenvalue weighted by Gasteiger charge is -2.39. The van der Waals surface area contributed by atoms with E-state index >= 15 is 0 Å². The number of esters is 1. The summed E-state index contributed by atoms with van der Waals surface area (Å²) in [5.41, 5.74) is 3.36. The number of nitrogens with zero attached hydrogens (tertiary/aromatic N) is 3. The number of halogens is 1. The van der Waals surface area contributed by atoms with E-state index in [9.17, 15) is 14.4 Å². The number of piperazine rings is 1. The summed E-state index contributed by atoms with van der Waals surface area (Å²) < 4.78 is 5.43. The third-order valence-corrected chi connectivity index (χ3v) is 7.04. The largest absolute Gasteiger partial charge is 0.463 e. The van der Waals surface area contributed by atoms with Gasteiger partial charge in [-0.3, -0.25) is 14.6 Å². The number of urea groups is 1. The van der Waals surface area contributed by atoms with E-state index in [0.717, 1.165) is 11.1 Å². The van der Waals surface area contributed by atoms with Gasteiger partial charge in [-0.2, -0.15) is 0 Å². The lowest BCUT2D eigenvalue weighted by atomic mass is 9.91. The molecule has 0 aliphatic carbocycles. The lowest BCUT2D eigenvalue weighted by molar-refractivity contribution is -0.139. The van der Waals surface area contributed by atoms with Crippen molar-refractivity contribution < 1.29 is 19.1 Å². The minimum atomic E-state index is -0.605. The van der Waals surface area contributed by atoms with Crippen LogP contribution in [0, 0.1) is 6.92 Å². The first-order valence-electron chi connectivity index (χ1n) is 12.1. The Morgan fingerprint density at radius 1 is 1.06 bits per heavy atom. The van der Waals surface area contributed by atoms with Crippen LogP contribution in [0.3, 0.4) is 0 Å². The van der Waals surface area contributed by atoms with Crippen molar-refractivity contribution in [1.82, 2.24) is 20.0 Å². The first-order chi connectivity index (χ1) is 17.3. The van der Waals surface area contributed by atoms with Gasteiger partial charge in [-0.25, -0.2) is 9.59 Å². The van der Waals surface area contributed by atoms with Gasteiger partial charge in [-0.05, 0) is 37.1 Å². The van der Waals surface area contributed by atoms with Crippen molar-refractivity contribution >= 4 is 29.5 Å². The smallest absolute Gasteiger partial charge is 0.338 e. The minimum absolute atomic E-state index is 0.0968. The highest BCUT2D eigenvalue weighted by atomic mass is 35.5. The average Bonchev–Trinajstić information content (AvgIpc) is 2.87. The standard InChI is InChI=1S/C27H31ClN4O4/c1-4-36-26(34)23-22(30(3)27(35)29-24(23)19-10-6-5-9-18(19)2)17-31-13-15-32(16-14-31)25(33)20-11-7-8-12-21(20)28/h5-12,24H,4,13-17H2,1-3H3,(H,29,35)/t24-/m1/s1. The molecule has 2 aromatic rings. The number of ether oxygens (including phenoxy) is 1. The van der Waals surface area contributed by atoms with Crippen LogP contribution in [-0.4, -0.2) is 79.0 Å². The Balaban J connectivity index is 1.58. The summed E-state index contributed by atoms with van der Waals surface area (Å²) >= 11 is 6.22. The average molecular weight is 511 g/mol. The highest BCUT2D eigenvalue weighted by Gasteiger charge is 2.38. The zero-order chi connectivity index (χ0) is 25.8. The molecule has 0 bridgehead atoms. The molecule has 8 nitrogen and oxygen atoms in total. The van der Waals surface area contributed by atoms with Crippen molar-refractivity contribution in [3.8, 4) is 0 Å². The third kappa shape index (κ3) is 5.24. The maximum Gasteiger partial charge on any atom is 0.338 e. The number of nitrogens with one attached hydrogen (secondary N) is 1. The summed E-state index contributed by atoms with van der Waals surface area (Å²) in [5.74, 6) is -0.541. The fourth-order valence-corrected chi connectivity index (χ4v) is 4.88. The van der Waals surface area contributed by atoms with Gasteiger partial charge >= 0.3 is 12.0 Å². The Labute approximate surface area is 216 Å². The number of likely N-dealkylation sites (N-methyl/N-ethyl adjacent to an activating group) is 1. The molecule has 1 N–H and O–H groups in total. The molecule has 0 saturated carbocycles. The molecule has 9 heteroatoms. The van der Waals surface area contributed by atoms with Crippen molar-refractivity contribution in [2.45, 2.75) is 19.9 Å². The Hall–Kier alpha value is -3.36. The van der Waals surface area contributed by atoms with Crippen molar-refractivity contribution in [1.29, 1.82) is 0 Å². The summed E-state index contributed by atoms with van der Waals surface area (Å²) in [6.07, 6.45) is 0. The van der Waals surface area contributed by atoms with Crippen LogP contribution >= 0.6 is 11.6 Å². The molecule has 3 amide bonds. The molecular formula is C27H31ClN4O4. The Bertz CT molecular complexity index is 1190. The molecular weight excluding hydrogens is 480 g/mol. The lowest BCUT2D eigenvalue weighted by Crippen LogP contribution is -2.53. The zero-order valence-electron chi connectivity index (χ0n) is 20.8. The van der Waals surface area contributed by atoms with Gasteiger partial charge in [0.2, 0.25) is 0 Å². The van der Waals surface area contributed by atoms with Gasteiger partial charge in [0.05, 0.1) is 28.8 Å². The van der Waals surface area contributed by atoms with E-state index < -0.39 is 12.0 Å². The number of carbonyl (C=O) groups is 3. The van der Waals surface area contributed by atoms with E-state index in [1.54, 1.807) is 43.1 Å². The fourth-order valence-electron chi connectivity index (χ4n) is 4.67. The van der Waals surface area contributed by atoms with Crippen LogP contribution in [0.2, 0.25) is 5.02 Å². The highest BCUT2D eigenvalue weighted by Crippen LogP contribution is 2.33. The maximum atomic E-state index is 13.2. The van der Waals surface area contributed by atoms with Crippen molar-refractivity contribution in [2.75, 3.05) is 46.4 Å². The van der Waals surface area contributed by atoms with Crippen LogP contribution in [0.4, 0.5) is 4.79 Å². The predicted molar refractivity (Wildman–Crippen MR) is 138 cm³/mol. The molecule has 2 heterocycles. The van der Waals surface area contributed by atoms with E-state index in [4.69, 9.17) is 16.3 Å². The number of hydrogen-bond acceptors (Lipinski definition) is 5. The molecule has 36 heavy (non-hydrogen) atoms. The molecule has 1 saturated heterocycles. The highest BCUT2D eigenvalue weighted by molar-refractivity contribution is 6.33. The predicted octanol–water partition coefficient (Wildman–Crippen LogP) is 3.62. The summed E-state index contributed by atoms with van der Waals surface area (Å²) in [4.78, 5) is 44.5. The van der Waals surface area contributed by atoms with E-state index in [0.29, 0.717) is 54.6 Å². The normalized spacial score (nSPS) is 18.8. The van der Waals surface area contributed by atoms with Gasteiger partial charge in [0.1, 0.15) is 0 Å². The number of benzene rings is 2. The Morgan fingerprint density at radius 3 is 2.39 bits per heavy atom. The summed E-state index contributed by atoms with van der Waals surface area (Å²) in [5, 5.41) is 3.41. The summed E-state index contributed by atoms with van der Waals surface area (Å²) in [7, 11) is 1.66. The van der Waals surface area contributed by atoms with Gasteiger partial charge in [0.15, 0.2) is 0 Å². The van der Waals surface area contributed by atoms with E-state index in [1.165, 1.54) is 4.90 Å². The SMILES string of the molecule is CCOC(=O)C1=C(CN2CCN(C(=O)c3ccccc3Cl)CC2)N(C)C(=O)N[C@@H]1c1ccccc1C. The molecule has 4 rings (SSSR count). The first kappa shape index (κ1) is 25.7. The number of rotatable bonds is 6. The van der Waals surface area contributed by atoms with E-state index in [-0.39, 0.29) is 18.5 Å². The quantitative estimate of drug-likeness (QED) is 0.600. The van der Waals surface area contributed by atoms with Crippen LogP contribution in [0.1, 0.15) is 34.5 Å². The van der Waals surface area contributed by atoms with Crippen molar-refractivity contribution in [3.05, 3.63) is 81.5 Å². The zero-order valence-corrected chi connectivity index (χ0v) is 21.5. The van der Waals surface area contributed by atoms with Gasteiger partial charge < -0.3 is 15.0 Å². The summed E-state index contributed by atoms with van der Waals surface area (Å²) in [6, 6.07) is 13.8. The molecule has 0 spiro atoms. The number of amides is 3. The van der Waals surface area contributed by atoms with Crippen molar-refractivity contribution in [3.63, 3.8) is 0 Å². The second-order valence-electron chi connectivity index (χ2n) is 8.93. The van der Waals surface area contributed by atoms with Crippen LogP contribution < -0.4 is 5.32 Å². The molecule has 1 atom stereocenters. The fraction of sp³-hybridized carbons (Fsp3) is 0.370. The first-order valence-corrected chi connectivity index (χ1v) is 12.5. The number of hydrogen-bond donors (Lipinski definition) is 1. The van der Waals surface area contributed by atoms with Crippen LogP contribution in [0.5, 0.6) is 0 Å². The minimum Gasteiger partial charge on any atom is -0.463 e. The van der Waals surface area contributed by atoms with Crippen molar-refractivity contribution in [2.24, 2.45) is 0 Å². The summed E-state index contributed by atoms with van der Waals surface area (Å²) in [6.45, 7) is 6.57. The molecule has 2 aliphatic heterocycles. The van der Waals surface area contributed by atoms with Gasteiger partial charge in [0.25, 0.3) is 5.91 Å². The van der Waals surface area contributed by atoms with Crippen LogP contribution in [-0.2, 0) is 9.53 Å². The Kier molecular flexibility index (Phi) is 7.96. The Morgan fingerprint density at radius 2 is 1.72 bits per heavy atom. The second-order valence-corrected chi connectivity index (χ2v) is 9.33. The molecule has 190 valence electrons. The number of aryl methyl sites for hydroxylation is 1. The number of carbonyl (C=O) groups excluding carboxylic acids is 3. The topological polar surface area (TPSA) is 82.2 Å². The molecule has 0 radical (unpaired) electrons. The van der Waals surface area contributed by atoms with E-state index in [1.807, 2.05) is 31.2 Å². The van der Waals surface area contributed by atoms with Crippen LogP contribution in [0.15, 0.2) is 59.8 Å². The van der Waals surface area contributed by atoms with Gasteiger partial charge in [-0.1, -0.05) is 48.0 Å². The molecule has 0 aromatic heterocycles. The van der Waals surface area contributed by atoms with Gasteiger partial charge in [0, 0.05) is 45.5 Å². The third-order valence-electron chi connectivity index (χ3n) is 6.71. The second kappa shape index (κ2) is 11.1. The monoisotopic (exact) mass is 510 g/mol. The van der Waals surface area contributed by atoms with Crippen LogP contribution in [0.25, 0.3) is 0 Å². The molecule has 0 unspecified atom stereocenters. The molecule has 2 aromatic carbocycles. The molecule has 1 fully saturated rings. The van der Waals surface area contributed by atoms with Gasteiger partial charge in [-0.15, -0.1) is 0 Å². The van der Waals surface area contributed by atoms with E-state index in [2.05, 4.69) is 10.2 Å². The molecule has 2 aliphatic rings.